The largest absolute Gasteiger partial charge is 0.416 e. The standard InChI is InChI=1S/C12H9ClF3NS.ClH/c13-8-4-1-3-7(12(14,15)16)10(8)11(17)9-5-2-6-18-9;/h1-6,11H,17H2;1H/t11-;/m1./s1. The van der Waals surface area contributed by atoms with E-state index < -0.39 is 17.8 Å². The van der Waals surface area contributed by atoms with E-state index in [1.54, 1.807) is 17.5 Å². The molecule has 7 heteroatoms. The monoisotopic (exact) mass is 327 g/mol. The predicted octanol–water partition coefficient (Wildman–Crippen LogP) is 4.89. The first-order valence-electron chi connectivity index (χ1n) is 5.06. The van der Waals surface area contributed by atoms with Crippen LogP contribution >= 0.6 is 35.3 Å². The number of thiophene rings is 1. The van der Waals surface area contributed by atoms with Crippen molar-refractivity contribution < 1.29 is 13.2 Å². The second kappa shape index (κ2) is 6.13. The quantitative estimate of drug-likeness (QED) is 0.834. The van der Waals surface area contributed by atoms with E-state index in [4.69, 9.17) is 17.3 Å². The summed E-state index contributed by atoms with van der Waals surface area (Å²) in [4.78, 5) is 0.647. The minimum Gasteiger partial charge on any atom is -0.320 e. The molecule has 0 bridgehead atoms. The molecule has 104 valence electrons. The van der Waals surface area contributed by atoms with Crippen LogP contribution in [0.2, 0.25) is 5.02 Å². The van der Waals surface area contributed by atoms with Gasteiger partial charge < -0.3 is 5.73 Å². The van der Waals surface area contributed by atoms with Crippen LogP contribution in [0.15, 0.2) is 35.7 Å². The summed E-state index contributed by atoms with van der Waals surface area (Å²) in [6.45, 7) is 0. The second-order valence-electron chi connectivity index (χ2n) is 3.69. The number of rotatable bonds is 2. The molecule has 19 heavy (non-hydrogen) atoms. The lowest BCUT2D eigenvalue weighted by molar-refractivity contribution is -0.138. The van der Waals surface area contributed by atoms with E-state index in [-0.39, 0.29) is 23.0 Å². The number of nitrogens with two attached hydrogens (primary N) is 1. The van der Waals surface area contributed by atoms with Gasteiger partial charge in [-0.15, -0.1) is 23.7 Å². The Bertz CT molecular complexity index is 540. The Morgan fingerprint density at radius 2 is 1.84 bits per heavy atom. The zero-order valence-electron chi connectivity index (χ0n) is 9.45. The highest BCUT2D eigenvalue weighted by Gasteiger charge is 2.36. The molecule has 0 saturated heterocycles. The summed E-state index contributed by atoms with van der Waals surface area (Å²) >= 11 is 7.17. The maximum atomic E-state index is 12.9. The van der Waals surface area contributed by atoms with E-state index in [1.165, 1.54) is 23.5 Å². The zero-order valence-corrected chi connectivity index (χ0v) is 11.8. The first-order valence-corrected chi connectivity index (χ1v) is 6.31. The van der Waals surface area contributed by atoms with Crippen molar-refractivity contribution >= 4 is 35.3 Å². The van der Waals surface area contributed by atoms with E-state index in [0.29, 0.717) is 4.88 Å². The van der Waals surface area contributed by atoms with Crippen molar-refractivity contribution in [1.29, 1.82) is 0 Å². The van der Waals surface area contributed by atoms with Crippen LogP contribution in [0, 0.1) is 0 Å². The zero-order chi connectivity index (χ0) is 13.3. The molecule has 0 aliphatic carbocycles. The lowest BCUT2D eigenvalue weighted by Crippen LogP contribution is -2.18. The molecular formula is C12H10Cl2F3NS. The molecular weight excluding hydrogens is 318 g/mol. The SMILES string of the molecule is Cl.N[C@H](c1cccs1)c1c(Cl)cccc1C(F)(F)F. The number of hydrogen-bond donors (Lipinski definition) is 1. The third kappa shape index (κ3) is 3.42. The van der Waals surface area contributed by atoms with Crippen LogP contribution < -0.4 is 5.73 Å². The first kappa shape index (κ1) is 16.3. The molecule has 2 N–H and O–H groups in total. The van der Waals surface area contributed by atoms with E-state index in [2.05, 4.69) is 0 Å². The van der Waals surface area contributed by atoms with Gasteiger partial charge in [-0.1, -0.05) is 23.7 Å². The van der Waals surface area contributed by atoms with Gasteiger partial charge in [0.2, 0.25) is 0 Å². The molecule has 1 aromatic heterocycles. The van der Waals surface area contributed by atoms with Gasteiger partial charge in [-0.2, -0.15) is 13.2 Å². The summed E-state index contributed by atoms with van der Waals surface area (Å²) in [5.41, 5.74) is 5.03. The molecule has 0 aliphatic rings. The lowest BCUT2D eigenvalue weighted by Gasteiger charge is -2.18. The number of alkyl halides is 3. The fourth-order valence-corrected chi connectivity index (χ4v) is 2.74. The minimum atomic E-state index is -4.46. The van der Waals surface area contributed by atoms with Crippen LogP contribution in [-0.2, 0) is 6.18 Å². The molecule has 2 aromatic rings. The van der Waals surface area contributed by atoms with Crippen LogP contribution in [0.5, 0.6) is 0 Å². The topological polar surface area (TPSA) is 26.0 Å². The fourth-order valence-electron chi connectivity index (χ4n) is 1.71. The normalized spacial score (nSPS) is 12.9. The van der Waals surface area contributed by atoms with E-state index >= 15 is 0 Å². The van der Waals surface area contributed by atoms with Crippen LogP contribution in [0.1, 0.15) is 22.0 Å². The predicted molar refractivity (Wildman–Crippen MR) is 74.1 cm³/mol. The molecule has 1 aromatic carbocycles. The van der Waals surface area contributed by atoms with Gasteiger partial charge in [-0.05, 0) is 23.6 Å². The van der Waals surface area contributed by atoms with E-state index in [1.807, 2.05) is 0 Å². The molecule has 0 spiro atoms. The molecule has 0 fully saturated rings. The Kier molecular flexibility index (Phi) is 5.26. The number of hydrogen-bond acceptors (Lipinski definition) is 2. The van der Waals surface area contributed by atoms with Gasteiger partial charge in [0.05, 0.1) is 11.6 Å². The van der Waals surface area contributed by atoms with Crippen LogP contribution in [0.4, 0.5) is 13.2 Å². The molecule has 1 heterocycles. The Labute approximate surface area is 123 Å². The van der Waals surface area contributed by atoms with Gasteiger partial charge in [-0.3, -0.25) is 0 Å². The molecule has 1 nitrogen and oxygen atoms in total. The summed E-state index contributed by atoms with van der Waals surface area (Å²) in [5.74, 6) is 0. The number of halogens is 5. The van der Waals surface area contributed by atoms with Crippen LogP contribution in [0.25, 0.3) is 0 Å². The summed E-state index contributed by atoms with van der Waals surface area (Å²) in [7, 11) is 0. The summed E-state index contributed by atoms with van der Waals surface area (Å²) in [5, 5.41) is 1.80. The Morgan fingerprint density at radius 3 is 2.37 bits per heavy atom. The molecule has 0 unspecified atom stereocenters. The van der Waals surface area contributed by atoms with Crippen molar-refractivity contribution in [3.63, 3.8) is 0 Å². The van der Waals surface area contributed by atoms with Crippen molar-refractivity contribution in [3.8, 4) is 0 Å². The Hall–Kier alpha value is -0.750. The highest BCUT2D eigenvalue weighted by Crippen LogP contribution is 2.39. The second-order valence-corrected chi connectivity index (χ2v) is 5.08. The van der Waals surface area contributed by atoms with Crippen LogP contribution in [0.3, 0.4) is 0 Å². The summed E-state index contributed by atoms with van der Waals surface area (Å²) in [6, 6.07) is 6.25. The Morgan fingerprint density at radius 1 is 1.16 bits per heavy atom. The molecule has 1 atom stereocenters. The molecule has 0 amide bonds. The van der Waals surface area contributed by atoms with Crippen molar-refractivity contribution in [1.82, 2.24) is 0 Å². The van der Waals surface area contributed by atoms with Crippen molar-refractivity contribution in [3.05, 3.63) is 56.7 Å². The van der Waals surface area contributed by atoms with Gasteiger partial charge in [-0.25, -0.2) is 0 Å². The molecule has 0 radical (unpaired) electrons. The molecule has 0 saturated carbocycles. The minimum absolute atomic E-state index is 0. The van der Waals surface area contributed by atoms with Gasteiger partial charge in [0, 0.05) is 15.5 Å². The van der Waals surface area contributed by atoms with Gasteiger partial charge in [0.15, 0.2) is 0 Å². The summed E-state index contributed by atoms with van der Waals surface area (Å²) < 4.78 is 38.8. The van der Waals surface area contributed by atoms with E-state index in [0.717, 1.165) is 6.07 Å². The average molecular weight is 328 g/mol. The van der Waals surface area contributed by atoms with Gasteiger partial charge in [0.1, 0.15) is 0 Å². The lowest BCUT2D eigenvalue weighted by atomic mass is 9.99. The Balaban J connectivity index is 0.00000180. The summed E-state index contributed by atoms with van der Waals surface area (Å²) in [6.07, 6.45) is -4.46. The molecule has 2 rings (SSSR count). The highest BCUT2D eigenvalue weighted by molar-refractivity contribution is 7.10. The maximum Gasteiger partial charge on any atom is 0.416 e. The van der Waals surface area contributed by atoms with Gasteiger partial charge >= 0.3 is 6.18 Å². The molecule has 0 aliphatic heterocycles. The smallest absolute Gasteiger partial charge is 0.320 e. The fraction of sp³-hybridized carbons (Fsp3) is 0.167. The van der Waals surface area contributed by atoms with Crippen molar-refractivity contribution in [2.24, 2.45) is 5.73 Å². The highest BCUT2D eigenvalue weighted by atomic mass is 35.5. The first-order chi connectivity index (χ1) is 8.41. The van der Waals surface area contributed by atoms with E-state index in [9.17, 15) is 13.2 Å². The maximum absolute atomic E-state index is 12.9. The third-order valence-corrected chi connectivity index (χ3v) is 3.80. The average Bonchev–Trinajstić information content (AvgIpc) is 2.80. The third-order valence-electron chi connectivity index (χ3n) is 2.52. The van der Waals surface area contributed by atoms with Gasteiger partial charge in [0.25, 0.3) is 0 Å². The van der Waals surface area contributed by atoms with Crippen molar-refractivity contribution in [2.45, 2.75) is 12.2 Å². The van der Waals surface area contributed by atoms with Crippen LogP contribution in [-0.4, -0.2) is 0 Å². The van der Waals surface area contributed by atoms with Crippen molar-refractivity contribution in [2.75, 3.05) is 0 Å². The number of benzene rings is 1.